The summed E-state index contributed by atoms with van der Waals surface area (Å²) in [6.07, 6.45) is 1.14. The Labute approximate surface area is 122 Å². The van der Waals surface area contributed by atoms with Gasteiger partial charge in [-0.1, -0.05) is 20.8 Å². The van der Waals surface area contributed by atoms with Gasteiger partial charge in [0.2, 0.25) is 10.0 Å². The van der Waals surface area contributed by atoms with Crippen molar-refractivity contribution < 1.29 is 17.9 Å². The third-order valence-electron chi connectivity index (χ3n) is 3.03. The van der Waals surface area contributed by atoms with Gasteiger partial charge in [0.15, 0.2) is 0 Å². The molecule has 7 heteroatoms. The number of methoxy groups -OCH3 is 1. The zero-order chi connectivity index (χ0) is 15.8. The van der Waals surface area contributed by atoms with Crippen molar-refractivity contribution in [2.75, 3.05) is 32.5 Å². The largest absolute Gasteiger partial charge is 0.469 e. The first-order valence-corrected chi connectivity index (χ1v) is 8.54. The number of nitrogens with two attached hydrogens (primary N) is 1. The van der Waals surface area contributed by atoms with Crippen LogP contribution < -0.4 is 5.73 Å². The fourth-order valence-corrected chi connectivity index (χ4v) is 3.51. The molecule has 0 radical (unpaired) electrons. The molecule has 0 heterocycles. The van der Waals surface area contributed by atoms with Crippen LogP contribution in [0.5, 0.6) is 0 Å². The van der Waals surface area contributed by atoms with Crippen LogP contribution in [0.1, 0.15) is 40.0 Å². The normalized spacial score (nSPS) is 12.7. The maximum absolute atomic E-state index is 12.3. The third-order valence-corrected chi connectivity index (χ3v) is 4.94. The van der Waals surface area contributed by atoms with E-state index in [1.54, 1.807) is 0 Å². The van der Waals surface area contributed by atoms with E-state index in [0.717, 1.165) is 6.42 Å². The van der Waals surface area contributed by atoms with Crippen molar-refractivity contribution in [3.8, 4) is 0 Å². The number of hydrogen-bond donors (Lipinski definition) is 1. The van der Waals surface area contributed by atoms with Crippen LogP contribution >= 0.6 is 0 Å². The molecule has 0 amide bonds. The van der Waals surface area contributed by atoms with Gasteiger partial charge in [0.1, 0.15) is 0 Å². The van der Waals surface area contributed by atoms with Gasteiger partial charge in [-0.05, 0) is 24.8 Å². The second kappa shape index (κ2) is 8.59. The van der Waals surface area contributed by atoms with Crippen molar-refractivity contribution in [2.24, 2.45) is 11.1 Å². The molecule has 6 nitrogen and oxygen atoms in total. The minimum atomic E-state index is -3.36. The van der Waals surface area contributed by atoms with Crippen molar-refractivity contribution >= 4 is 16.0 Å². The standard InChI is InChI=1S/C13H28N2O4S/c1-5-8-15(11-13(2,3)10-14)20(17,18)9-6-7-12(16)19-4/h5-11,14H2,1-4H3. The van der Waals surface area contributed by atoms with Crippen molar-refractivity contribution in [1.82, 2.24) is 4.31 Å². The maximum atomic E-state index is 12.3. The Hall–Kier alpha value is -0.660. The summed E-state index contributed by atoms with van der Waals surface area (Å²) < 4.78 is 30.6. The molecule has 0 aromatic rings. The molecule has 0 bridgehead atoms. The molecule has 20 heavy (non-hydrogen) atoms. The molecule has 0 unspecified atom stereocenters. The van der Waals surface area contributed by atoms with E-state index in [1.807, 2.05) is 20.8 Å². The Bertz CT molecular complexity index is 393. The third kappa shape index (κ3) is 7.21. The number of rotatable bonds is 10. The van der Waals surface area contributed by atoms with Crippen molar-refractivity contribution in [1.29, 1.82) is 0 Å². The van der Waals surface area contributed by atoms with E-state index in [1.165, 1.54) is 11.4 Å². The summed E-state index contributed by atoms with van der Waals surface area (Å²) in [4.78, 5) is 11.0. The Balaban J connectivity index is 4.67. The lowest BCUT2D eigenvalue weighted by molar-refractivity contribution is -0.140. The Morgan fingerprint density at radius 2 is 1.95 bits per heavy atom. The zero-order valence-corrected chi connectivity index (χ0v) is 13.8. The number of sulfonamides is 1. The first-order valence-electron chi connectivity index (χ1n) is 6.93. The van der Waals surface area contributed by atoms with Crippen LogP contribution in [0.2, 0.25) is 0 Å². The van der Waals surface area contributed by atoms with Gasteiger partial charge >= 0.3 is 5.97 Å². The fraction of sp³-hybridized carbons (Fsp3) is 0.923. The highest BCUT2D eigenvalue weighted by Crippen LogP contribution is 2.18. The van der Waals surface area contributed by atoms with E-state index in [4.69, 9.17) is 5.73 Å². The number of nitrogens with zero attached hydrogens (tertiary/aromatic N) is 1. The smallest absolute Gasteiger partial charge is 0.305 e. The van der Waals surface area contributed by atoms with Gasteiger partial charge in [-0.3, -0.25) is 4.79 Å². The molecule has 0 rings (SSSR count). The van der Waals surface area contributed by atoms with E-state index in [-0.39, 0.29) is 30.0 Å². The molecule has 0 aromatic heterocycles. The van der Waals surface area contributed by atoms with Gasteiger partial charge in [-0.2, -0.15) is 0 Å². The van der Waals surface area contributed by atoms with Gasteiger partial charge in [0.25, 0.3) is 0 Å². The highest BCUT2D eigenvalue weighted by Gasteiger charge is 2.28. The number of ether oxygens (including phenoxy) is 1. The molecule has 0 aromatic carbocycles. The highest BCUT2D eigenvalue weighted by atomic mass is 32.2. The van der Waals surface area contributed by atoms with Gasteiger partial charge in [-0.15, -0.1) is 0 Å². The van der Waals surface area contributed by atoms with E-state index < -0.39 is 10.0 Å². The molecule has 0 fully saturated rings. The second-order valence-corrected chi connectivity index (χ2v) is 7.79. The van der Waals surface area contributed by atoms with E-state index >= 15 is 0 Å². The van der Waals surface area contributed by atoms with Crippen molar-refractivity contribution in [2.45, 2.75) is 40.0 Å². The lowest BCUT2D eigenvalue weighted by Gasteiger charge is -2.31. The average Bonchev–Trinajstić information content (AvgIpc) is 2.37. The minimum Gasteiger partial charge on any atom is -0.469 e. The lowest BCUT2D eigenvalue weighted by atomic mass is 9.94. The quantitative estimate of drug-likeness (QED) is 0.607. The lowest BCUT2D eigenvalue weighted by Crippen LogP contribution is -2.43. The summed E-state index contributed by atoms with van der Waals surface area (Å²) in [5, 5.41) is 0. The molecular weight excluding hydrogens is 280 g/mol. The molecule has 0 saturated heterocycles. The van der Waals surface area contributed by atoms with Crippen LogP contribution in [-0.4, -0.2) is 51.2 Å². The van der Waals surface area contributed by atoms with Crippen LogP contribution in [0, 0.1) is 5.41 Å². The molecule has 0 saturated carbocycles. The first kappa shape index (κ1) is 19.3. The minimum absolute atomic E-state index is 0.0389. The fourth-order valence-electron chi connectivity index (χ4n) is 1.74. The van der Waals surface area contributed by atoms with Crippen molar-refractivity contribution in [3.05, 3.63) is 0 Å². The topological polar surface area (TPSA) is 89.7 Å². The van der Waals surface area contributed by atoms with Gasteiger partial charge in [0.05, 0.1) is 12.9 Å². The number of hydrogen-bond acceptors (Lipinski definition) is 5. The van der Waals surface area contributed by atoms with E-state index in [0.29, 0.717) is 19.6 Å². The van der Waals surface area contributed by atoms with Crippen LogP contribution in [-0.2, 0) is 19.6 Å². The van der Waals surface area contributed by atoms with Crippen molar-refractivity contribution in [3.63, 3.8) is 0 Å². The second-order valence-electron chi connectivity index (χ2n) is 5.70. The average molecular weight is 308 g/mol. The number of carbonyl (C=O) groups is 1. The summed E-state index contributed by atoms with van der Waals surface area (Å²) in [5.74, 6) is -0.424. The summed E-state index contributed by atoms with van der Waals surface area (Å²) >= 11 is 0. The summed E-state index contributed by atoms with van der Waals surface area (Å²) in [7, 11) is -2.07. The molecule has 0 aliphatic rings. The molecule has 0 spiro atoms. The van der Waals surface area contributed by atoms with E-state index in [2.05, 4.69) is 4.74 Å². The first-order chi connectivity index (χ1) is 9.18. The van der Waals surface area contributed by atoms with Gasteiger partial charge < -0.3 is 10.5 Å². The highest BCUT2D eigenvalue weighted by molar-refractivity contribution is 7.89. The number of carbonyl (C=O) groups excluding carboxylic acids is 1. The predicted molar refractivity (Wildman–Crippen MR) is 79.7 cm³/mol. The Morgan fingerprint density at radius 3 is 2.40 bits per heavy atom. The molecule has 0 aliphatic heterocycles. The molecular formula is C13H28N2O4S. The predicted octanol–water partition coefficient (Wildman–Crippen LogP) is 0.966. The molecule has 120 valence electrons. The van der Waals surface area contributed by atoms with Crippen LogP contribution in [0.25, 0.3) is 0 Å². The molecule has 2 N–H and O–H groups in total. The summed E-state index contributed by atoms with van der Waals surface area (Å²) in [6, 6.07) is 0. The molecule has 0 atom stereocenters. The van der Waals surface area contributed by atoms with Crippen LogP contribution in [0.15, 0.2) is 0 Å². The monoisotopic (exact) mass is 308 g/mol. The van der Waals surface area contributed by atoms with Gasteiger partial charge in [0, 0.05) is 19.5 Å². The number of esters is 1. The van der Waals surface area contributed by atoms with E-state index in [9.17, 15) is 13.2 Å². The zero-order valence-electron chi connectivity index (χ0n) is 13.0. The van der Waals surface area contributed by atoms with Crippen LogP contribution in [0.3, 0.4) is 0 Å². The molecule has 0 aliphatic carbocycles. The van der Waals surface area contributed by atoms with Crippen LogP contribution in [0.4, 0.5) is 0 Å². The Kier molecular flexibility index (Phi) is 8.30. The summed E-state index contributed by atoms with van der Waals surface area (Å²) in [5.41, 5.74) is 5.41. The Morgan fingerprint density at radius 1 is 1.35 bits per heavy atom. The SMILES string of the molecule is CCCN(CC(C)(C)CN)S(=O)(=O)CCCC(=O)OC. The van der Waals surface area contributed by atoms with Gasteiger partial charge in [-0.25, -0.2) is 12.7 Å². The summed E-state index contributed by atoms with van der Waals surface area (Å²) in [6.45, 7) is 7.12. The maximum Gasteiger partial charge on any atom is 0.305 e.